The fourth-order valence-corrected chi connectivity index (χ4v) is 4.28. The Balaban J connectivity index is 1.40. The van der Waals surface area contributed by atoms with Crippen LogP contribution in [0.1, 0.15) is 32.6 Å². The smallest absolute Gasteiger partial charge is 0.232 e. The second-order valence-corrected chi connectivity index (χ2v) is 8.26. The van der Waals surface area contributed by atoms with Crippen molar-refractivity contribution in [2.75, 3.05) is 20.4 Å². The minimum atomic E-state index is -0.237. The number of halogens is 1. The van der Waals surface area contributed by atoms with Crippen LogP contribution in [0.3, 0.4) is 0 Å². The van der Waals surface area contributed by atoms with Crippen LogP contribution in [0.15, 0.2) is 60.4 Å². The van der Waals surface area contributed by atoms with Crippen molar-refractivity contribution in [3.05, 3.63) is 94.0 Å². The SMILES string of the molecule is COc1ccccc1/C=C1/Oc2c3c(cc(C)c2C1=O)OCN(CCc1ccc(F)cc1)C3. The third kappa shape index (κ3) is 4.10. The summed E-state index contributed by atoms with van der Waals surface area (Å²) in [5, 5.41) is 0. The highest BCUT2D eigenvalue weighted by molar-refractivity contribution is 6.16. The predicted octanol–water partition coefficient (Wildman–Crippen LogP) is 5.15. The van der Waals surface area contributed by atoms with Crippen LogP contribution >= 0.6 is 0 Å². The molecular weight excluding hydrogens is 421 g/mol. The molecule has 0 radical (unpaired) electrons. The molecule has 33 heavy (non-hydrogen) atoms. The molecule has 0 saturated carbocycles. The number of fused-ring (bicyclic) bond motifs is 3. The van der Waals surface area contributed by atoms with Crippen LogP contribution in [0.4, 0.5) is 4.39 Å². The van der Waals surface area contributed by atoms with Crippen LogP contribution in [0.25, 0.3) is 6.08 Å². The van der Waals surface area contributed by atoms with Crippen molar-refractivity contribution in [2.45, 2.75) is 19.9 Å². The molecule has 2 heterocycles. The van der Waals surface area contributed by atoms with Gasteiger partial charge in [0, 0.05) is 18.7 Å². The maximum atomic E-state index is 13.2. The van der Waals surface area contributed by atoms with E-state index in [1.807, 2.05) is 37.3 Å². The molecule has 0 aliphatic carbocycles. The van der Waals surface area contributed by atoms with Crippen molar-refractivity contribution >= 4 is 11.9 Å². The number of ketones is 1. The number of aryl methyl sites for hydroxylation is 1. The molecule has 0 saturated heterocycles. The Bertz CT molecular complexity index is 1250. The first-order chi connectivity index (χ1) is 16.0. The van der Waals surface area contributed by atoms with Gasteiger partial charge in [-0.3, -0.25) is 9.69 Å². The maximum Gasteiger partial charge on any atom is 0.232 e. The van der Waals surface area contributed by atoms with E-state index in [0.717, 1.165) is 41.0 Å². The summed E-state index contributed by atoms with van der Waals surface area (Å²) in [6, 6.07) is 16.0. The number of nitrogens with zero attached hydrogens (tertiary/aromatic N) is 1. The molecule has 0 amide bonds. The third-order valence-electron chi connectivity index (χ3n) is 6.04. The molecule has 3 aromatic rings. The third-order valence-corrected chi connectivity index (χ3v) is 6.04. The zero-order valence-corrected chi connectivity index (χ0v) is 18.6. The van der Waals surface area contributed by atoms with Crippen LogP contribution in [-0.2, 0) is 13.0 Å². The number of allylic oxidation sites excluding steroid dienone is 1. The zero-order chi connectivity index (χ0) is 22.9. The van der Waals surface area contributed by atoms with E-state index < -0.39 is 0 Å². The molecule has 2 aliphatic rings. The van der Waals surface area contributed by atoms with Gasteiger partial charge in [-0.05, 0) is 54.8 Å². The zero-order valence-electron chi connectivity index (χ0n) is 18.6. The summed E-state index contributed by atoms with van der Waals surface area (Å²) < 4.78 is 30.7. The highest BCUT2D eigenvalue weighted by atomic mass is 19.1. The molecule has 0 spiro atoms. The van der Waals surface area contributed by atoms with Gasteiger partial charge in [-0.25, -0.2) is 4.39 Å². The number of rotatable bonds is 5. The first kappa shape index (κ1) is 21.2. The van der Waals surface area contributed by atoms with E-state index in [1.165, 1.54) is 12.1 Å². The average Bonchev–Trinajstić information content (AvgIpc) is 3.16. The minimum absolute atomic E-state index is 0.139. The van der Waals surface area contributed by atoms with Crippen molar-refractivity contribution in [1.82, 2.24) is 4.90 Å². The summed E-state index contributed by atoms with van der Waals surface area (Å²) in [6.45, 7) is 3.70. The lowest BCUT2D eigenvalue weighted by molar-refractivity contribution is 0.0949. The Hall–Kier alpha value is -3.64. The highest BCUT2D eigenvalue weighted by Crippen LogP contribution is 2.44. The number of Topliss-reactive ketones (excluding diaryl/α,β-unsaturated/α-hetero) is 1. The number of benzene rings is 3. The predicted molar refractivity (Wildman–Crippen MR) is 123 cm³/mol. The van der Waals surface area contributed by atoms with Gasteiger partial charge in [-0.1, -0.05) is 30.3 Å². The van der Waals surface area contributed by atoms with E-state index >= 15 is 0 Å². The largest absolute Gasteiger partial charge is 0.496 e. The van der Waals surface area contributed by atoms with Gasteiger partial charge in [-0.2, -0.15) is 0 Å². The van der Waals surface area contributed by atoms with Crippen LogP contribution in [-0.4, -0.2) is 31.1 Å². The number of para-hydroxylation sites is 1. The number of carbonyl (C=O) groups excluding carboxylic acids is 1. The number of hydrogen-bond donors (Lipinski definition) is 0. The summed E-state index contributed by atoms with van der Waals surface area (Å²) >= 11 is 0. The van der Waals surface area contributed by atoms with E-state index in [2.05, 4.69) is 4.90 Å². The van der Waals surface area contributed by atoms with Gasteiger partial charge >= 0.3 is 0 Å². The van der Waals surface area contributed by atoms with E-state index in [0.29, 0.717) is 30.3 Å². The van der Waals surface area contributed by atoms with Gasteiger partial charge in [-0.15, -0.1) is 0 Å². The molecule has 5 rings (SSSR count). The summed E-state index contributed by atoms with van der Waals surface area (Å²) in [5.41, 5.74) is 4.12. The Labute approximate surface area is 192 Å². The Kier molecular flexibility index (Phi) is 5.60. The second-order valence-electron chi connectivity index (χ2n) is 8.26. The normalized spacial score (nSPS) is 16.2. The highest BCUT2D eigenvalue weighted by Gasteiger charge is 2.35. The number of hydrogen-bond acceptors (Lipinski definition) is 5. The molecule has 2 aliphatic heterocycles. The molecule has 3 aromatic carbocycles. The summed E-state index contributed by atoms with van der Waals surface area (Å²) in [6.07, 6.45) is 2.49. The first-order valence-corrected chi connectivity index (χ1v) is 10.9. The van der Waals surface area contributed by atoms with Crippen molar-refractivity contribution in [2.24, 2.45) is 0 Å². The molecule has 6 heteroatoms. The van der Waals surface area contributed by atoms with E-state index in [9.17, 15) is 9.18 Å². The van der Waals surface area contributed by atoms with Crippen LogP contribution < -0.4 is 14.2 Å². The van der Waals surface area contributed by atoms with Gasteiger partial charge in [0.05, 0.1) is 18.2 Å². The number of carbonyl (C=O) groups is 1. The molecule has 0 fully saturated rings. The molecule has 0 bridgehead atoms. The molecule has 168 valence electrons. The molecule has 0 aromatic heterocycles. The first-order valence-electron chi connectivity index (χ1n) is 10.9. The second kappa shape index (κ2) is 8.71. The van der Waals surface area contributed by atoms with Crippen molar-refractivity contribution < 1.29 is 23.4 Å². The van der Waals surface area contributed by atoms with Gasteiger partial charge in [0.2, 0.25) is 5.78 Å². The number of ether oxygens (including phenoxy) is 3. The molecule has 0 N–H and O–H groups in total. The van der Waals surface area contributed by atoms with Crippen LogP contribution in [0, 0.1) is 12.7 Å². The molecular formula is C27H24FNO4. The Morgan fingerprint density at radius 3 is 2.73 bits per heavy atom. The topological polar surface area (TPSA) is 48.0 Å². The standard InChI is InChI=1S/C27H24FNO4/c1-17-13-23-21(15-29(16-32-23)12-11-18-7-9-20(28)10-8-18)27-25(17)26(30)24(33-27)14-19-5-3-4-6-22(19)31-2/h3-10,13-14H,11-12,15-16H2,1-2H3/b24-14+. The summed E-state index contributed by atoms with van der Waals surface area (Å²) in [4.78, 5) is 15.4. The molecule has 0 unspecified atom stereocenters. The van der Waals surface area contributed by atoms with Crippen molar-refractivity contribution in [1.29, 1.82) is 0 Å². The average molecular weight is 445 g/mol. The summed E-state index contributed by atoms with van der Waals surface area (Å²) in [7, 11) is 1.60. The van der Waals surface area contributed by atoms with E-state index in [1.54, 1.807) is 25.3 Å². The monoisotopic (exact) mass is 445 g/mol. The van der Waals surface area contributed by atoms with Gasteiger partial charge in [0.15, 0.2) is 5.76 Å². The van der Waals surface area contributed by atoms with Gasteiger partial charge < -0.3 is 14.2 Å². The van der Waals surface area contributed by atoms with Crippen LogP contribution in [0.2, 0.25) is 0 Å². The van der Waals surface area contributed by atoms with Gasteiger partial charge in [0.25, 0.3) is 0 Å². The van der Waals surface area contributed by atoms with E-state index in [4.69, 9.17) is 14.2 Å². The molecule has 0 atom stereocenters. The minimum Gasteiger partial charge on any atom is -0.496 e. The fourth-order valence-electron chi connectivity index (χ4n) is 4.28. The maximum absolute atomic E-state index is 13.2. The van der Waals surface area contributed by atoms with E-state index in [-0.39, 0.29) is 17.4 Å². The fraction of sp³-hybridized carbons (Fsp3) is 0.222. The van der Waals surface area contributed by atoms with Crippen molar-refractivity contribution in [3.63, 3.8) is 0 Å². The summed E-state index contributed by atoms with van der Waals surface area (Å²) in [5.74, 6) is 1.89. The molecule has 5 nitrogen and oxygen atoms in total. The quantitative estimate of drug-likeness (QED) is 0.508. The lowest BCUT2D eigenvalue weighted by atomic mass is 9.98. The Morgan fingerprint density at radius 2 is 1.94 bits per heavy atom. The lowest BCUT2D eigenvalue weighted by Crippen LogP contribution is -2.33. The van der Waals surface area contributed by atoms with Crippen LogP contribution in [0.5, 0.6) is 17.2 Å². The Morgan fingerprint density at radius 1 is 1.15 bits per heavy atom. The van der Waals surface area contributed by atoms with Crippen molar-refractivity contribution in [3.8, 4) is 17.2 Å². The van der Waals surface area contributed by atoms with Gasteiger partial charge in [0.1, 0.15) is 29.8 Å². The number of methoxy groups -OCH3 is 1. The lowest BCUT2D eigenvalue weighted by Gasteiger charge is -2.30.